The van der Waals surface area contributed by atoms with Gasteiger partial charge >= 0.3 is 0 Å². The van der Waals surface area contributed by atoms with E-state index >= 15 is 0 Å². The molecule has 1 aromatic carbocycles. The summed E-state index contributed by atoms with van der Waals surface area (Å²) in [5.41, 5.74) is 2.43. The van der Waals surface area contributed by atoms with E-state index in [4.69, 9.17) is 0 Å². The van der Waals surface area contributed by atoms with Crippen LogP contribution in [0.4, 0.5) is 5.95 Å². The first-order valence-corrected chi connectivity index (χ1v) is 8.53. The maximum atomic E-state index is 4.56. The van der Waals surface area contributed by atoms with Crippen molar-refractivity contribution in [1.29, 1.82) is 0 Å². The van der Waals surface area contributed by atoms with Gasteiger partial charge in [-0.2, -0.15) is 0 Å². The van der Waals surface area contributed by atoms with Gasteiger partial charge in [0, 0.05) is 48.1 Å². The first-order chi connectivity index (χ1) is 10.7. The van der Waals surface area contributed by atoms with E-state index < -0.39 is 0 Å². The maximum Gasteiger partial charge on any atom is 0.225 e. The molecule has 0 radical (unpaired) electrons. The van der Waals surface area contributed by atoms with Crippen molar-refractivity contribution < 1.29 is 0 Å². The zero-order valence-corrected chi connectivity index (χ0v) is 14.2. The third-order valence-electron chi connectivity index (χ3n) is 4.69. The van der Waals surface area contributed by atoms with Crippen LogP contribution in [0.5, 0.6) is 0 Å². The normalized spacial score (nSPS) is 24.2. The molecule has 0 N–H and O–H groups in total. The number of nitrogens with zero attached hydrogens (tertiary/aromatic N) is 4. The zero-order valence-electron chi connectivity index (χ0n) is 12.6. The lowest BCUT2D eigenvalue weighted by molar-refractivity contribution is -0.00896. The van der Waals surface area contributed by atoms with Gasteiger partial charge in [-0.25, -0.2) is 9.97 Å². The summed E-state index contributed by atoms with van der Waals surface area (Å²) in [6.45, 7) is 5.15. The second-order valence-electron chi connectivity index (χ2n) is 6.25. The maximum absolute atomic E-state index is 4.56. The Morgan fingerprint density at radius 1 is 1.14 bits per heavy atom. The lowest BCUT2D eigenvalue weighted by atomic mass is 9.87. The number of benzene rings is 1. The van der Waals surface area contributed by atoms with Crippen LogP contribution in [0.3, 0.4) is 0 Å². The lowest BCUT2D eigenvalue weighted by Gasteiger charge is -2.56. The summed E-state index contributed by atoms with van der Waals surface area (Å²) in [5, 5.41) is 0. The monoisotopic (exact) mass is 358 g/mol. The Morgan fingerprint density at radius 3 is 2.55 bits per heavy atom. The minimum Gasteiger partial charge on any atom is -0.338 e. The molecule has 1 aromatic heterocycles. The molecule has 0 amide bonds. The molecule has 2 aromatic rings. The molecule has 2 atom stereocenters. The van der Waals surface area contributed by atoms with Crippen LogP contribution in [0.25, 0.3) is 0 Å². The Labute approximate surface area is 139 Å². The van der Waals surface area contributed by atoms with Crippen LogP contribution < -0.4 is 4.90 Å². The Kier molecular flexibility index (Phi) is 3.62. The first kappa shape index (κ1) is 14.2. The fraction of sp³-hybridized carbons (Fsp3) is 0.412. The number of piperazine rings is 1. The number of aryl methyl sites for hydroxylation is 1. The van der Waals surface area contributed by atoms with E-state index in [1.165, 1.54) is 12.0 Å². The van der Waals surface area contributed by atoms with Crippen LogP contribution in [-0.2, 0) is 6.54 Å². The van der Waals surface area contributed by atoms with Gasteiger partial charge in [-0.1, -0.05) is 28.1 Å². The van der Waals surface area contributed by atoms with E-state index in [0.29, 0.717) is 12.1 Å². The fourth-order valence-electron chi connectivity index (χ4n) is 3.50. The molecule has 4 nitrogen and oxygen atoms in total. The van der Waals surface area contributed by atoms with Crippen molar-refractivity contribution in [3.05, 3.63) is 52.3 Å². The third-order valence-corrected chi connectivity index (χ3v) is 5.22. The Bertz CT molecular complexity index is 661. The molecule has 3 aliphatic rings. The van der Waals surface area contributed by atoms with Crippen LogP contribution in [0.15, 0.2) is 41.0 Å². The number of fused-ring (bicyclic) bond motifs is 2. The number of piperidine rings is 1. The van der Waals surface area contributed by atoms with Crippen molar-refractivity contribution in [3.63, 3.8) is 0 Å². The van der Waals surface area contributed by atoms with Gasteiger partial charge in [-0.15, -0.1) is 0 Å². The van der Waals surface area contributed by atoms with Crippen molar-refractivity contribution in [3.8, 4) is 0 Å². The van der Waals surface area contributed by atoms with Crippen molar-refractivity contribution in [2.24, 2.45) is 0 Å². The summed E-state index contributed by atoms with van der Waals surface area (Å²) in [6.07, 6.45) is 3.16. The van der Waals surface area contributed by atoms with Crippen LogP contribution in [0, 0.1) is 6.92 Å². The third kappa shape index (κ3) is 2.63. The van der Waals surface area contributed by atoms with Crippen LogP contribution in [-0.4, -0.2) is 40.0 Å². The molecule has 0 aliphatic carbocycles. The van der Waals surface area contributed by atoms with E-state index in [1.54, 1.807) is 0 Å². The molecule has 3 saturated heterocycles. The van der Waals surface area contributed by atoms with E-state index in [9.17, 15) is 0 Å². The molecule has 5 rings (SSSR count). The molecule has 3 fully saturated rings. The van der Waals surface area contributed by atoms with Crippen LogP contribution >= 0.6 is 15.9 Å². The molecule has 2 bridgehead atoms. The molecule has 2 unspecified atom stereocenters. The van der Waals surface area contributed by atoms with Crippen molar-refractivity contribution in [2.45, 2.75) is 32.0 Å². The minimum absolute atomic E-state index is 0.631. The number of rotatable bonds is 3. The first-order valence-electron chi connectivity index (χ1n) is 7.74. The molecule has 22 heavy (non-hydrogen) atoms. The second kappa shape index (κ2) is 5.63. The van der Waals surface area contributed by atoms with Gasteiger partial charge < -0.3 is 4.90 Å². The summed E-state index contributed by atoms with van der Waals surface area (Å²) >= 11 is 3.50. The molecular formula is C17H19BrN4. The van der Waals surface area contributed by atoms with Gasteiger partial charge in [0.1, 0.15) is 0 Å². The van der Waals surface area contributed by atoms with E-state index in [-0.39, 0.29) is 0 Å². The average Bonchev–Trinajstić information content (AvgIpc) is 2.54. The highest BCUT2D eigenvalue weighted by Gasteiger charge is 2.44. The summed E-state index contributed by atoms with van der Waals surface area (Å²) in [7, 11) is 0. The van der Waals surface area contributed by atoms with Gasteiger partial charge in [0.15, 0.2) is 0 Å². The Balaban J connectivity index is 1.43. The van der Waals surface area contributed by atoms with E-state index in [0.717, 1.165) is 35.7 Å². The minimum atomic E-state index is 0.631. The number of aromatic nitrogens is 2. The predicted octanol–water partition coefficient (Wildman–Crippen LogP) is 3.01. The SMILES string of the molecule is Cc1ccnc(N2CC3CC(C2)N3Cc2ccc(Br)cc2)n1. The molecule has 3 aliphatic heterocycles. The zero-order chi connectivity index (χ0) is 15.1. The quantitative estimate of drug-likeness (QED) is 0.844. The number of hydrogen-bond donors (Lipinski definition) is 0. The molecule has 114 valence electrons. The van der Waals surface area contributed by atoms with Crippen LogP contribution in [0.2, 0.25) is 0 Å². The van der Waals surface area contributed by atoms with E-state index in [1.807, 2.05) is 19.2 Å². The topological polar surface area (TPSA) is 32.3 Å². The molecule has 0 saturated carbocycles. The summed E-state index contributed by atoms with van der Waals surface area (Å²) in [4.78, 5) is 13.9. The highest BCUT2D eigenvalue weighted by molar-refractivity contribution is 9.10. The summed E-state index contributed by atoms with van der Waals surface area (Å²) in [5.74, 6) is 0.887. The van der Waals surface area contributed by atoms with Gasteiger partial charge in [0.2, 0.25) is 5.95 Å². The summed E-state index contributed by atoms with van der Waals surface area (Å²) in [6, 6.07) is 11.9. The van der Waals surface area contributed by atoms with Gasteiger partial charge in [0.05, 0.1) is 0 Å². The van der Waals surface area contributed by atoms with Gasteiger partial charge in [-0.3, -0.25) is 4.90 Å². The highest BCUT2D eigenvalue weighted by atomic mass is 79.9. The van der Waals surface area contributed by atoms with Crippen LogP contribution in [0.1, 0.15) is 17.7 Å². The number of halogens is 1. The molecule has 5 heteroatoms. The lowest BCUT2D eigenvalue weighted by Crippen LogP contribution is -2.68. The Hall–Kier alpha value is -1.46. The molecular weight excluding hydrogens is 340 g/mol. The van der Waals surface area contributed by atoms with Crippen molar-refractivity contribution in [2.75, 3.05) is 18.0 Å². The van der Waals surface area contributed by atoms with Crippen molar-refractivity contribution >= 4 is 21.9 Å². The average molecular weight is 359 g/mol. The predicted molar refractivity (Wildman–Crippen MR) is 90.9 cm³/mol. The standard InChI is InChI=1S/C17H19BrN4/c1-12-6-7-19-17(20-12)21-10-15-8-16(11-21)22(15)9-13-2-4-14(18)5-3-13/h2-7,15-16H,8-11H2,1H3. The van der Waals surface area contributed by atoms with Gasteiger partial charge in [0.25, 0.3) is 0 Å². The highest BCUT2D eigenvalue weighted by Crippen LogP contribution is 2.35. The smallest absolute Gasteiger partial charge is 0.225 e. The molecule has 4 heterocycles. The Morgan fingerprint density at radius 2 is 1.86 bits per heavy atom. The van der Waals surface area contributed by atoms with Crippen molar-refractivity contribution in [1.82, 2.24) is 14.9 Å². The summed E-state index contributed by atoms with van der Waals surface area (Å²) < 4.78 is 1.14. The largest absolute Gasteiger partial charge is 0.338 e. The number of hydrogen-bond acceptors (Lipinski definition) is 4. The van der Waals surface area contributed by atoms with Gasteiger partial charge in [-0.05, 0) is 37.1 Å². The second-order valence-corrected chi connectivity index (χ2v) is 7.16. The number of anilines is 1. The fourth-order valence-corrected chi connectivity index (χ4v) is 3.76. The van der Waals surface area contributed by atoms with E-state index in [2.05, 4.69) is 60.0 Å². The molecule has 0 spiro atoms.